The van der Waals surface area contributed by atoms with Crippen LogP contribution in [-0.4, -0.2) is 46.3 Å². The highest BCUT2D eigenvalue weighted by molar-refractivity contribution is 7.91. The summed E-state index contributed by atoms with van der Waals surface area (Å²) in [6, 6.07) is 4.27. The van der Waals surface area contributed by atoms with E-state index < -0.39 is 15.4 Å². The summed E-state index contributed by atoms with van der Waals surface area (Å²) in [5.41, 5.74) is 6.09. The molecule has 3 rings (SSSR count). The van der Waals surface area contributed by atoms with Crippen molar-refractivity contribution in [2.45, 2.75) is 55.4 Å². The van der Waals surface area contributed by atoms with Gasteiger partial charge in [0.2, 0.25) is 21.7 Å². The fraction of sp³-hybridized carbons (Fsp3) is 0.381. The van der Waals surface area contributed by atoms with E-state index in [0.29, 0.717) is 23.4 Å². The van der Waals surface area contributed by atoms with Crippen LogP contribution < -0.4 is 16.4 Å². The summed E-state index contributed by atoms with van der Waals surface area (Å²) < 4.78 is 25.9. The zero-order valence-electron chi connectivity index (χ0n) is 18.3. The van der Waals surface area contributed by atoms with Crippen LogP contribution in [0.4, 0.5) is 11.8 Å². The lowest BCUT2D eigenvalue weighted by molar-refractivity contribution is -0.119. The Morgan fingerprint density at radius 2 is 1.91 bits per heavy atom. The van der Waals surface area contributed by atoms with E-state index in [4.69, 9.17) is 5.73 Å². The van der Waals surface area contributed by atoms with E-state index in [1.54, 1.807) is 0 Å². The molecule has 0 saturated heterocycles. The first-order valence-corrected chi connectivity index (χ1v) is 11.7. The van der Waals surface area contributed by atoms with Gasteiger partial charge in [0.05, 0.1) is 20.8 Å². The number of nitrogens with two attached hydrogens (primary N) is 1. The molecule has 4 N–H and O–H groups in total. The molecule has 0 aliphatic carbocycles. The summed E-state index contributed by atoms with van der Waals surface area (Å²) in [5, 5.41) is 6.20. The molecular formula is C21H27N7O3S. The molecule has 32 heavy (non-hydrogen) atoms. The average molecular weight is 458 g/mol. The van der Waals surface area contributed by atoms with Gasteiger partial charge in [0.15, 0.2) is 5.82 Å². The van der Waals surface area contributed by atoms with Crippen LogP contribution in [0.1, 0.15) is 40.0 Å². The van der Waals surface area contributed by atoms with Crippen LogP contribution in [0.2, 0.25) is 0 Å². The summed E-state index contributed by atoms with van der Waals surface area (Å²) in [6.45, 7) is 5.90. The van der Waals surface area contributed by atoms with E-state index in [9.17, 15) is 13.2 Å². The maximum absolute atomic E-state index is 12.9. The van der Waals surface area contributed by atoms with Crippen molar-refractivity contribution in [1.29, 1.82) is 0 Å². The van der Waals surface area contributed by atoms with Crippen LogP contribution >= 0.6 is 0 Å². The van der Waals surface area contributed by atoms with E-state index >= 15 is 0 Å². The number of nitrogen functional groups attached to an aromatic ring is 1. The predicted octanol–water partition coefficient (Wildman–Crippen LogP) is 2.33. The number of sulfone groups is 1. The van der Waals surface area contributed by atoms with Crippen molar-refractivity contribution in [3.63, 3.8) is 0 Å². The second-order valence-corrected chi connectivity index (χ2v) is 9.80. The van der Waals surface area contributed by atoms with Gasteiger partial charge < -0.3 is 16.4 Å². The molecule has 0 bridgehead atoms. The van der Waals surface area contributed by atoms with Gasteiger partial charge in [-0.25, -0.2) is 18.4 Å². The van der Waals surface area contributed by atoms with Crippen molar-refractivity contribution in [3.05, 3.63) is 36.8 Å². The number of nitrogens with zero attached hydrogens (tertiary/aromatic N) is 4. The summed E-state index contributed by atoms with van der Waals surface area (Å²) in [6.07, 6.45) is 6.79. The predicted molar refractivity (Wildman–Crippen MR) is 122 cm³/mol. The minimum Gasteiger partial charge on any atom is -0.368 e. The zero-order chi connectivity index (χ0) is 23.4. The van der Waals surface area contributed by atoms with E-state index in [2.05, 4.69) is 37.5 Å². The van der Waals surface area contributed by atoms with Gasteiger partial charge in [0.1, 0.15) is 5.52 Å². The lowest BCUT2D eigenvalue weighted by Gasteiger charge is -2.32. The van der Waals surface area contributed by atoms with Crippen LogP contribution in [0.25, 0.3) is 11.0 Å². The maximum Gasteiger partial charge on any atom is 0.222 e. The molecule has 1 atom stereocenters. The number of nitrogens with one attached hydrogen (secondary N) is 2. The van der Waals surface area contributed by atoms with E-state index in [1.807, 2.05) is 6.92 Å². The highest BCUT2D eigenvalue weighted by Gasteiger charge is 2.27. The van der Waals surface area contributed by atoms with Crippen LogP contribution in [0.3, 0.4) is 0 Å². The lowest BCUT2D eigenvalue weighted by Crippen LogP contribution is -2.46. The molecule has 1 amide bonds. The molecule has 170 valence electrons. The quantitative estimate of drug-likeness (QED) is 0.439. The molecule has 3 aromatic rings. The summed E-state index contributed by atoms with van der Waals surface area (Å²) in [7, 11) is -3.79. The van der Waals surface area contributed by atoms with Gasteiger partial charge in [-0.1, -0.05) is 19.8 Å². The Bertz CT molecular complexity index is 1220. The second-order valence-electron chi connectivity index (χ2n) is 7.85. The Labute approximate surface area is 187 Å². The molecule has 0 fully saturated rings. The highest BCUT2D eigenvalue weighted by atomic mass is 32.2. The minimum absolute atomic E-state index is 0.00718. The molecule has 0 unspecified atom stereocenters. The number of anilines is 2. The Morgan fingerprint density at radius 1 is 1.19 bits per heavy atom. The number of carbonyl (C=O) groups is 1. The van der Waals surface area contributed by atoms with Crippen molar-refractivity contribution < 1.29 is 13.2 Å². The Morgan fingerprint density at radius 3 is 2.56 bits per heavy atom. The smallest absolute Gasteiger partial charge is 0.222 e. The van der Waals surface area contributed by atoms with Crippen LogP contribution in [-0.2, 0) is 14.6 Å². The summed E-state index contributed by atoms with van der Waals surface area (Å²) in [4.78, 5) is 28.3. The largest absolute Gasteiger partial charge is 0.368 e. The first kappa shape index (κ1) is 23.3. The Balaban J connectivity index is 2.02. The van der Waals surface area contributed by atoms with Crippen LogP contribution in [0, 0.1) is 0 Å². The molecule has 3 aromatic heterocycles. The van der Waals surface area contributed by atoms with Crippen molar-refractivity contribution in [1.82, 2.24) is 25.3 Å². The van der Waals surface area contributed by atoms with Gasteiger partial charge in [-0.05, 0) is 31.5 Å². The molecule has 0 radical (unpaired) electrons. The molecule has 0 aromatic carbocycles. The number of unbranched alkanes of at least 4 members (excludes halogenated alkanes) is 1. The number of hydrogen-bond donors (Lipinski definition) is 3. The van der Waals surface area contributed by atoms with Gasteiger partial charge in [-0.2, -0.15) is 4.98 Å². The topological polar surface area (TPSA) is 153 Å². The molecule has 10 nitrogen and oxygen atoms in total. The Hall–Kier alpha value is -3.34. The third kappa shape index (κ3) is 5.28. The van der Waals surface area contributed by atoms with Crippen molar-refractivity contribution >= 4 is 38.5 Å². The Kier molecular flexibility index (Phi) is 6.87. The average Bonchev–Trinajstić information content (AvgIpc) is 2.76. The fourth-order valence-corrected chi connectivity index (χ4v) is 4.48. The van der Waals surface area contributed by atoms with Gasteiger partial charge in [-0.15, -0.1) is 0 Å². The van der Waals surface area contributed by atoms with E-state index in [1.165, 1.54) is 43.7 Å². The van der Waals surface area contributed by atoms with Gasteiger partial charge >= 0.3 is 0 Å². The number of aromatic nitrogens is 4. The molecule has 0 aliphatic heterocycles. The van der Waals surface area contributed by atoms with E-state index in [0.717, 1.165) is 19.3 Å². The molecular weight excluding hydrogens is 430 g/mol. The maximum atomic E-state index is 12.9. The minimum atomic E-state index is -3.79. The fourth-order valence-electron chi connectivity index (χ4n) is 3.27. The third-order valence-electron chi connectivity index (χ3n) is 5.03. The molecule has 0 spiro atoms. The highest BCUT2D eigenvalue weighted by Crippen LogP contribution is 2.28. The molecule has 11 heteroatoms. The van der Waals surface area contributed by atoms with Gasteiger partial charge in [0, 0.05) is 32.1 Å². The molecule has 3 heterocycles. The van der Waals surface area contributed by atoms with Gasteiger partial charge in [-0.3, -0.25) is 9.78 Å². The number of hydrogen-bond acceptors (Lipinski definition) is 9. The molecule has 0 saturated carbocycles. The summed E-state index contributed by atoms with van der Waals surface area (Å²) in [5.74, 6) is 0.229. The second kappa shape index (κ2) is 9.43. The van der Waals surface area contributed by atoms with Crippen LogP contribution in [0.15, 0.2) is 46.6 Å². The first-order chi connectivity index (χ1) is 15.1. The van der Waals surface area contributed by atoms with Gasteiger partial charge in [0.25, 0.3) is 0 Å². The van der Waals surface area contributed by atoms with Crippen LogP contribution in [0.5, 0.6) is 0 Å². The number of fused-ring (bicyclic) bond motifs is 1. The SMILES string of the molecule is CCCC[C@](C)(CNC(C)=O)Nc1nc(N)nc2cc(S(=O)(=O)c3ccncc3)cnc12. The van der Waals surface area contributed by atoms with Crippen molar-refractivity contribution in [2.24, 2.45) is 0 Å². The standard InChI is InChI=1S/C21H27N7O3S/c1-4-5-8-21(3,13-25-14(2)29)28-19-18-17(26-20(22)27-19)11-16(12-24-18)32(30,31)15-6-9-23-10-7-15/h6-7,9-12H,4-5,8,13H2,1-3H3,(H,25,29)(H3,22,26,27,28)/t21-/m1/s1. The zero-order valence-corrected chi connectivity index (χ0v) is 19.1. The number of carbonyl (C=O) groups excluding carboxylic acids is 1. The lowest BCUT2D eigenvalue weighted by atomic mass is 9.94. The molecule has 0 aliphatic rings. The summed E-state index contributed by atoms with van der Waals surface area (Å²) >= 11 is 0. The monoisotopic (exact) mass is 457 g/mol. The third-order valence-corrected chi connectivity index (χ3v) is 6.76. The normalized spacial score (nSPS) is 13.5. The number of rotatable bonds is 9. The van der Waals surface area contributed by atoms with Crippen molar-refractivity contribution in [2.75, 3.05) is 17.6 Å². The number of amides is 1. The van der Waals surface area contributed by atoms with E-state index in [-0.39, 0.29) is 21.6 Å². The van der Waals surface area contributed by atoms with Crippen molar-refractivity contribution in [3.8, 4) is 0 Å². The number of pyridine rings is 2. The first-order valence-electron chi connectivity index (χ1n) is 10.3.